The van der Waals surface area contributed by atoms with E-state index in [4.69, 9.17) is 4.74 Å². The van der Waals surface area contributed by atoms with E-state index in [9.17, 15) is 14.7 Å². The molecule has 0 aliphatic carbocycles. The second kappa shape index (κ2) is 8.13. The maximum absolute atomic E-state index is 11.8. The number of methoxy groups -OCH3 is 1. The average molecular weight is 432 g/mol. The lowest BCUT2D eigenvalue weighted by Crippen LogP contribution is -2.32. The smallest absolute Gasteiger partial charge is 0.313 e. The van der Waals surface area contributed by atoms with E-state index in [1.165, 1.54) is 7.11 Å². The van der Waals surface area contributed by atoms with Gasteiger partial charge in [0.25, 0.3) is 0 Å². The number of rotatable bonds is 8. The third-order valence-corrected chi connectivity index (χ3v) is 5.07. The van der Waals surface area contributed by atoms with Crippen LogP contribution in [0.15, 0.2) is 24.3 Å². The Morgan fingerprint density at radius 3 is 2.30 bits per heavy atom. The molecule has 1 atom stereocenters. The molecule has 1 aromatic rings. The highest BCUT2D eigenvalue weighted by atomic mass is 127. The average Bonchev–Trinajstić information content (AvgIpc) is 2.50. The summed E-state index contributed by atoms with van der Waals surface area (Å²) in [6, 6.07) is 7.63. The van der Waals surface area contributed by atoms with Crippen LogP contribution in [0, 0.1) is 8.99 Å². The van der Waals surface area contributed by atoms with Gasteiger partial charge in [0, 0.05) is 3.57 Å². The number of halogens is 1. The molecule has 1 aromatic carbocycles. The minimum absolute atomic E-state index is 0.226. The van der Waals surface area contributed by atoms with Crippen molar-refractivity contribution in [2.45, 2.75) is 51.9 Å². The molecule has 23 heavy (non-hydrogen) atoms. The van der Waals surface area contributed by atoms with Crippen molar-refractivity contribution < 1.29 is 19.4 Å². The summed E-state index contributed by atoms with van der Waals surface area (Å²) in [7, 11) is 1.39. The van der Waals surface area contributed by atoms with Crippen molar-refractivity contribution in [3.05, 3.63) is 33.4 Å². The van der Waals surface area contributed by atoms with Gasteiger partial charge in [-0.25, -0.2) is 0 Å². The zero-order valence-corrected chi connectivity index (χ0v) is 16.3. The Balaban J connectivity index is 2.72. The number of ether oxygens (including phenoxy) is 1. The van der Waals surface area contributed by atoms with Crippen molar-refractivity contribution >= 4 is 34.5 Å². The van der Waals surface area contributed by atoms with Gasteiger partial charge in [0.1, 0.15) is 0 Å². The molecule has 0 saturated heterocycles. The van der Waals surface area contributed by atoms with E-state index in [1.807, 2.05) is 38.1 Å². The van der Waals surface area contributed by atoms with Crippen molar-refractivity contribution in [1.29, 1.82) is 0 Å². The van der Waals surface area contributed by atoms with E-state index in [1.54, 1.807) is 6.92 Å². The van der Waals surface area contributed by atoms with Crippen molar-refractivity contribution in [1.82, 2.24) is 0 Å². The molecule has 0 aliphatic rings. The Morgan fingerprint density at radius 1 is 1.17 bits per heavy atom. The quantitative estimate of drug-likeness (QED) is 0.376. The van der Waals surface area contributed by atoms with Gasteiger partial charge in [0.15, 0.2) is 0 Å². The highest BCUT2D eigenvalue weighted by Crippen LogP contribution is 2.33. The van der Waals surface area contributed by atoms with Crippen LogP contribution in [-0.2, 0) is 19.7 Å². The Labute approximate surface area is 151 Å². The van der Waals surface area contributed by atoms with Crippen LogP contribution in [0.25, 0.3) is 0 Å². The molecule has 0 aromatic heterocycles. The first-order valence-corrected chi connectivity index (χ1v) is 8.79. The van der Waals surface area contributed by atoms with E-state index in [0.29, 0.717) is 12.8 Å². The summed E-state index contributed by atoms with van der Waals surface area (Å²) in [5.74, 6) is -1.04. The molecule has 0 saturated carbocycles. The highest BCUT2D eigenvalue weighted by Gasteiger charge is 2.35. The van der Waals surface area contributed by atoms with Gasteiger partial charge in [0.2, 0.25) is 0 Å². The first-order valence-electron chi connectivity index (χ1n) is 7.71. The first-order chi connectivity index (χ1) is 10.6. The molecule has 0 fully saturated rings. The summed E-state index contributed by atoms with van der Waals surface area (Å²) in [5.41, 5.74) is -0.614. The molecular formula is C18H25IO4. The summed E-state index contributed by atoms with van der Waals surface area (Å²) < 4.78 is 5.83. The van der Waals surface area contributed by atoms with E-state index >= 15 is 0 Å². The van der Waals surface area contributed by atoms with Gasteiger partial charge in [0.05, 0.1) is 17.9 Å². The second-order valence-corrected chi connectivity index (χ2v) is 7.98. The molecule has 0 heterocycles. The lowest BCUT2D eigenvalue weighted by atomic mass is 9.77. The molecule has 0 amide bonds. The summed E-state index contributed by atoms with van der Waals surface area (Å²) in [6.45, 7) is 5.48. The fourth-order valence-corrected chi connectivity index (χ4v) is 3.17. The van der Waals surface area contributed by atoms with E-state index in [0.717, 1.165) is 22.0 Å². The van der Waals surface area contributed by atoms with Gasteiger partial charge < -0.3 is 9.84 Å². The van der Waals surface area contributed by atoms with E-state index in [2.05, 4.69) is 22.6 Å². The fraction of sp³-hybridized carbons (Fsp3) is 0.556. The number of unbranched alkanes of at least 4 members (excludes halogenated alkanes) is 1. The number of carboxylic acid groups (broad SMARTS) is 1. The molecule has 0 radical (unpaired) electrons. The number of carbonyl (C=O) groups excluding carboxylic acids is 1. The summed E-state index contributed by atoms with van der Waals surface area (Å²) in [4.78, 5) is 23.5. The molecule has 1 unspecified atom stereocenters. The fourth-order valence-electron chi connectivity index (χ4n) is 2.63. The monoisotopic (exact) mass is 432 g/mol. The van der Waals surface area contributed by atoms with Crippen molar-refractivity contribution in [3.8, 4) is 0 Å². The van der Waals surface area contributed by atoms with Gasteiger partial charge in [-0.3, -0.25) is 9.59 Å². The van der Waals surface area contributed by atoms with Crippen LogP contribution < -0.4 is 0 Å². The molecule has 0 aliphatic heterocycles. The topological polar surface area (TPSA) is 63.6 Å². The molecule has 5 heteroatoms. The number of aliphatic carboxylic acids is 1. The molecule has 0 bridgehead atoms. The molecule has 4 nitrogen and oxygen atoms in total. The summed E-state index contributed by atoms with van der Waals surface area (Å²) in [6.07, 6.45) is 2.75. The first kappa shape index (κ1) is 19.9. The molecule has 1 rings (SSSR count). The standard InChI is InChI=1S/C18H25IO4/c1-17(2,16(22)23-4)10-5-6-11-18(3,15(20)21)13-8-7-9-14(19)12-13/h7-9,12H,5-6,10-11H2,1-4H3,(H,20,21). The predicted molar refractivity (Wildman–Crippen MR) is 98.4 cm³/mol. The summed E-state index contributed by atoms with van der Waals surface area (Å²) in [5, 5.41) is 9.69. The lowest BCUT2D eigenvalue weighted by molar-refractivity contribution is -0.151. The van der Waals surface area contributed by atoms with Crippen LogP contribution in [0.5, 0.6) is 0 Å². The second-order valence-electron chi connectivity index (χ2n) is 6.73. The van der Waals surface area contributed by atoms with Crippen LogP contribution >= 0.6 is 22.6 Å². The Hall–Kier alpha value is -1.11. The third-order valence-electron chi connectivity index (χ3n) is 4.40. The van der Waals surface area contributed by atoms with Gasteiger partial charge in [-0.05, 0) is 73.9 Å². The van der Waals surface area contributed by atoms with Gasteiger partial charge in [-0.15, -0.1) is 0 Å². The Bertz CT molecular complexity index is 568. The largest absolute Gasteiger partial charge is 0.481 e. The van der Waals surface area contributed by atoms with E-state index in [-0.39, 0.29) is 5.97 Å². The minimum Gasteiger partial charge on any atom is -0.481 e. The van der Waals surface area contributed by atoms with Crippen molar-refractivity contribution in [2.24, 2.45) is 5.41 Å². The molecule has 128 valence electrons. The van der Waals surface area contributed by atoms with Gasteiger partial charge in [-0.1, -0.05) is 25.0 Å². The molecule has 0 spiro atoms. The number of esters is 1. The maximum atomic E-state index is 11.8. The normalized spacial score (nSPS) is 14.1. The minimum atomic E-state index is -0.906. The lowest BCUT2D eigenvalue weighted by Gasteiger charge is -2.27. The van der Waals surface area contributed by atoms with E-state index < -0.39 is 16.8 Å². The Kier molecular flexibility index (Phi) is 7.04. The molecule has 1 N–H and O–H groups in total. The SMILES string of the molecule is COC(=O)C(C)(C)CCCCC(C)(C(=O)O)c1cccc(I)c1. The predicted octanol–water partition coefficient (Wildman–Crippen LogP) is 4.39. The third kappa shape index (κ3) is 5.19. The van der Waals surface area contributed by atoms with Crippen LogP contribution in [0.2, 0.25) is 0 Å². The van der Waals surface area contributed by atoms with Crippen LogP contribution in [0.1, 0.15) is 52.0 Å². The Morgan fingerprint density at radius 2 is 1.78 bits per heavy atom. The number of carbonyl (C=O) groups is 2. The van der Waals surface area contributed by atoms with Gasteiger partial charge in [-0.2, -0.15) is 0 Å². The zero-order valence-electron chi connectivity index (χ0n) is 14.2. The maximum Gasteiger partial charge on any atom is 0.313 e. The van der Waals surface area contributed by atoms with Crippen LogP contribution in [0.3, 0.4) is 0 Å². The van der Waals surface area contributed by atoms with Crippen LogP contribution in [0.4, 0.5) is 0 Å². The zero-order chi connectivity index (χ0) is 17.7. The number of benzene rings is 1. The van der Waals surface area contributed by atoms with Crippen molar-refractivity contribution in [2.75, 3.05) is 7.11 Å². The highest BCUT2D eigenvalue weighted by molar-refractivity contribution is 14.1. The van der Waals surface area contributed by atoms with Crippen LogP contribution in [-0.4, -0.2) is 24.2 Å². The van der Waals surface area contributed by atoms with Gasteiger partial charge >= 0.3 is 11.9 Å². The number of carboxylic acids is 1. The number of hydrogen-bond acceptors (Lipinski definition) is 3. The molecular weight excluding hydrogens is 407 g/mol. The summed E-state index contributed by atoms with van der Waals surface area (Å²) >= 11 is 2.19. The number of hydrogen-bond donors (Lipinski definition) is 1. The van der Waals surface area contributed by atoms with Crippen molar-refractivity contribution in [3.63, 3.8) is 0 Å².